The average Bonchev–Trinajstić information content (AvgIpc) is 2.68. The molecule has 0 radical (unpaired) electrons. The number of hydrogen-bond donors (Lipinski definition) is 1. The fourth-order valence-electron chi connectivity index (χ4n) is 1.83. The Labute approximate surface area is 101 Å². The van der Waals surface area contributed by atoms with E-state index in [0.29, 0.717) is 31.2 Å². The predicted molar refractivity (Wildman–Crippen MR) is 67.4 cm³/mol. The lowest BCUT2D eigenvalue weighted by Gasteiger charge is -2.15. The van der Waals surface area contributed by atoms with E-state index in [1.165, 1.54) is 11.3 Å². The fourth-order valence-corrected chi connectivity index (χ4v) is 2.48. The van der Waals surface area contributed by atoms with Crippen molar-refractivity contribution in [3.63, 3.8) is 0 Å². The van der Waals surface area contributed by atoms with Gasteiger partial charge < -0.3 is 5.73 Å². The molecule has 4 heteroatoms. The molecule has 0 aliphatic heterocycles. The van der Waals surface area contributed by atoms with Crippen LogP contribution in [0.15, 0.2) is 11.6 Å². The second-order valence-electron chi connectivity index (χ2n) is 4.58. The molecular weight excluding hydrogens is 220 g/mol. The second kappa shape index (κ2) is 6.76. The number of nitrogens with two attached hydrogens (primary N) is 1. The van der Waals surface area contributed by atoms with Crippen molar-refractivity contribution in [2.75, 3.05) is 6.54 Å². The maximum atomic E-state index is 11.8. The summed E-state index contributed by atoms with van der Waals surface area (Å²) >= 11 is 1.54. The lowest BCUT2D eigenvalue weighted by Crippen LogP contribution is -2.20. The first-order valence-corrected chi connectivity index (χ1v) is 6.60. The standard InChI is InChI=1S/C12H20N2OS/c1-9(2)5-10(8-13)6-11(15)7-12-14-3-4-16-12/h3-4,9-10H,5-8,13H2,1-2H3. The second-order valence-corrected chi connectivity index (χ2v) is 5.56. The Bertz CT molecular complexity index is 309. The number of rotatable bonds is 7. The summed E-state index contributed by atoms with van der Waals surface area (Å²) in [5, 5.41) is 2.81. The van der Waals surface area contributed by atoms with Crippen LogP contribution < -0.4 is 5.73 Å². The Morgan fingerprint density at radius 2 is 2.31 bits per heavy atom. The highest BCUT2D eigenvalue weighted by molar-refractivity contribution is 7.09. The number of aromatic nitrogens is 1. The van der Waals surface area contributed by atoms with Crippen LogP contribution in [0.4, 0.5) is 0 Å². The van der Waals surface area contributed by atoms with Gasteiger partial charge in [0.1, 0.15) is 5.78 Å². The Kier molecular flexibility index (Phi) is 5.63. The van der Waals surface area contributed by atoms with E-state index in [4.69, 9.17) is 5.73 Å². The van der Waals surface area contributed by atoms with Crippen LogP contribution in [0.2, 0.25) is 0 Å². The number of thiazole rings is 1. The highest BCUT2D eigenvalue weighted by Gasteiger charge is 2.15. The normalized spacial score (nSPS) is 13.0. The third-order valence-corrected chi connectivity index (χ3v) is 3.27. The van der Waals surface area contributed by atoms with Crippen LogP contribution in [0.1, 0.15) is 31.7 Å². The van der Waals surface area contributed by atoms with Gasteiger partial charge in [0.2, 0.25) is 0 Å². The van der Waals surface area contributed by atoms with Gasteiger partial charge in [-0.1, -0.05) is 13.8 Å². The summed E-state index contributed by atoms with van der Waals surface area (Å²) in [4.78, 5) is 15.9. The topological polar surface area (TPSA) is 56.0 Å². The Morgan fingerprint density at radius 3 is 2.81 bits per heavy atom. The van der Waals surface area contributed by atoms with Gasteiger partial charge in [-0.25, -0.2) is 4.98 Å². The van der Waals surface area contributed by atoms with E-state index >= 15 is 0 Å². The van der Waals surface area contributed by atoms with E-state index < -0.39 is 0 Å². The van der Waals surface area contributed by atoms with Crippen LogP contribution in [0.25, 0.3) is 0 Å². The lowest BCUT2D eigenvalue weighted by molar-refractivity contribution is -0.119. The van der Waals surface area contributed by atoms with Crippen molar-refractivity contribution in [3.8, 4) is 0 Å². The lowest BCUT2D eigenvalue weighted by atomic mass is 9.92. The molecule has 1 atom stereocenters. The predicted octanol–water partition coefficient (Wildman–Crippen LogP) is 2.27. The summed E-state index contributed by atoms with van der Waals surface area (Å²) in [5.41, 5.74) is 5.68. The van der Waals surface area contributed by atoms with Crippen molar-refractivity contribution >= 4 is 17.1 Å². The van der Waals surface area contributed by atoms with Crippen molar-refractivity contribution < 1.29 is 4.79 Å². The number of Topliss-reactive ketones (excluding diaryl/α,β-unsaturated/α-hetero) is 1. The van der Waals surface area contributed by atoms with Crippen LogP contribution >= 0.6 is 11.3 Å². The molecule has 0 aromatic carbocycles. The third-order valence-electron chi connectivity index (χ3n) is 2.49. The van der Waals surface area contributed by atoms with Gasteiger partial charge >= 0.3 is 0 Å². The van der Waals surface area contributed by atoms with Gasteiger partial charge in [0.15, 0.2) is 0 Å². The smallest absolute Gasteiger partial charge is 0.140 e. The van der Waals surface area contributed by atoms with Crippen LogP contribution in [0.5, 0.6) is 0 Å². The van der Waals surface area contributed by atoms with Gasteiger partial charge in [-0.15, -0.1) is 11.3 Å². The Hall–Kier alpha value is -0.740. The molecule has 0 aliphatic rings. The summed E-state index contributed by atoms with van der Waals surface area (Å²) in [6, 6.07) is 0. The fraction of sp³-hybridized carbons (Fsp3) is 0.667. The first-order valence-electron chi connectivity index (χ1n) is 5.72. The third kappa shape index (κ3) is 4.86. The maximum Gasteiger partial charge on any atom is 0.140 e. The number of nitrogens with zero attached hydrogens (tertiary/aromatic N) is 1. The zero-order valence-electron chi connectivity index (χ0n) is 9.98. The number of carbonyl (C=O) groups excluding carboxylic acids is 1. The van der Waals surface area contributed by atoms with Gasteiger partial charge in [-0.3, -0.25) is 4.79 Å². The van der Waals surface area contributed by atoms with Crippen LogP contribution in [-0.2, 0) is 11.2 Å². The minimum atomic E-state index is 0.256. The highest BCUT2D eigenvalue weighted by atomic mass is 32.1. The molecule has 1 heterocycles. The van der Waals surface area contributed by atoms with Crippen molar-refractivity contribution in [2.45, 2.75) is 33.1 Å². The van der Waals surface area contributed by atoms with E-state index in [-0.39, 0.29) is 5.78 Å². The van der Waals surface area contributed by atoms with Crippen LogP contribution in [-0.4, -0.2) is 17.3 Å². The van der Waals surface area contributed by atoms with Gasteiger partial charge in [-0.2, -0.15) is 0 Å². The molecule has 0 spiro atoms. The average molecular weight is 240 g/mol. The molecule has 2 N–H and O–H groups in total. The van der Waals surface area contributed by atoms with E-state index in [0.717, 1.165) is 11.4 Å². The first kappa shape index (κ1) is 13.3. The molecule has 0 saturated carbocycles. The van der Waals surface area contributed by atoms with Gasteiger partial charge in [0, 0.05) is 18.0 Å². The molecule has 90 valence electrons. The zero-order valence-corrected chi connectivity index (χ0v) is 10.8. The quantitative estimate of drug-likeness (QED) is 0.795. The number of hydrogen-bond acceptors (Lipinski definition) is 4. The molecule has 1 unspecified atom stereocenters. The number of ketones is 1. The van der Waals surface area contributed by atoms with Crippen LogP contribution in [0.3, 0.4) is 0 Å². The van der Waals surface area contributed by atoms with Gasteiger partial charge in [0.05, 0.1) is 11.4 Å². The Morgan fingerprint density at radius 1 is 1.56 bits per heavy atom. The summed E-state index contributed by atoms with van der Waals surface area (Å²) in [7, 11) is 0. The molecule has 3 nitrogen and oxygen atoms in total. The maximum absolute atomic E-state index is 11.8. The first-order chi connectivity index (χ1) is 7.61. The van der Waals surface area contributed by atoms with E-state index in [1.54, 1.807) is 6.20 Å². The molecule has 1 aromatic rings. The monoisotopic (exact) mass is 240 g/mol. The summed E-state index contributed by atoms with van der Waals surface area (Å²) in [6.45, 7) is 4.92. The van der Waals surface area contributed by atoms with Gasteiger partial charge in [-0.05, 0) is 24.8 Å². The van der Waals surface area contributed by atoms with Gasteiger partial charge in [0.25, 0.3) is 0 Å². The highest BCUT2D eigenvalue weighted by Crippen LogP contribution is 2.16. The molecule has 0 aliphatic carbocycles. The minimum absolute atomic E-state index is 0.256. The summed E-state index contributed by atoms with van der Waals surface area (Å²) in [6.07, 6.45) is 3.82. The van der Waals surface area contributed by atoms with Crippen molar-refractivity contribution in [2.24, 2.45) is 17.6 Å². The molecule has 0 bridgehead atoms. The molecule has 1 rings (SSSR count). The van der Waals surface area contributed by atoms with Crippen molar-refractivity contribution in [3.05, 3.63) is 16.6 Å². The molecule has 0 fully saturated rings. The number of carbonyl (C=O) groups is 1. The van der Waals surface area contributed by atoms with Crippen LogP contribution in [0, 0.1) is 11.8 Å². The van der Waals surface area contributed by atoms with E-state index in [1.807, 2.05) is 5.38 Å². The largest absolute Gasteiger partial charge is 0.330 e. The molecule has 1 aromatic heterocycles. The summed E-state index contributed by atoms with van der Waals surface area (Å²) < 4.78 is 0. The summed E-state index contributed by atoms with van der Waals surface area (Å²) in [5.74, 6) is 1.18. The Balaban J connectivity index is 2.37. The minimum Gasteiger partial charge on any atom is -0.330 e. The van der Waals surface area contributed by atoms with E-state index in [9.17, 15) is 4.79 Å². The molecular formula is C12H20N2OS. The molecule has 16 heavy (non-hydrogen) atoms. The van der Waals surface area contributed by atoms with Crippen molar-refractivity contribution in [1.29, 1.82) is 0 Å². The van der Waals surface area contributed by atoms with Crippen molar-refractivity contribution in [1.82, 2.24) is 4.98 Å². The molecule has 0 amide bonds. The SMILES string of the molecule is CC(C)CC(CN)CC(=O)Cc1nccs1. The zero-order chi connectivity index (χ0) is 12.0. The van der Waals surface area contributed by atoms with E-state index in [2.05, 4.69) is 18.8 Å². The molecule has 0 saturated heterocycles.